The van der Waals surface area contributed by atoms with Crippen LogP contribution in [0.5, 0.6) is 0 Å². The van der Waals surface area contributed by atoms with E-state index in [0.29, 0.717) is 10.8 Å². The van der Waals surface area contributed by atoms with Crippen molar-refractivity contribution < 1.29 is 19.5 Å². The summed E-state index contributed by atoms with van der Waals surface area (Å²) in [5.41, 5.74) is 5.99. The van der Waals surface area contributed by atoms with Crippen LogP contribution in [0.25, 0.3) is 21.8 Å². The average Bonchev–Trinajstić information content (AvgIpc) is 3.31. The Kier molecular flexibility index (Phi) is 5.82. The van der Waals surface area contributed by atoms with Gasteiger partial charge >= 0.3 is 0 Å². The molecule has 2 aromatic heterocycles. The second kappa shape index (κ2) is 8.06. The molecule has 0 bridgehead atoms. The molecule has 3 heteroatoms. The summed E-state index contributed by atoms with van der Waals surface area (Å²) in [5.74, 6) is 0. The number of aromatic nitrogens is 2. The van der Waals surface area contributed by atoms with Crippen molar-refractivity contribution in [2.24, 2.45) is 10.8 Å². The number of rotatable bonds is 4. The van der Waals surface area contributed by atoms with Crippen LogP contribution in [-0.2, 0) is 32.3 Å². The number of benzene rings is 1. The zero-order valence-electron chi connectivity index (χ0n) is 17.8. The SMILES string of the molecule is CC1(Cc2ccnc3c2ccc2c(CC4(C)CCCC4)ccnc23)CCCC1.[Ru]. The van der Waals surface area contributed by atoms with Gasteiger partial charge in [-0.3, -0.25) is 9.97 Å². The van der Waals surface area contributed by atoms with Crippen LogP contribution < -0.4 is 0 Å². The van der Waals surface area contributed by atoms with E-state index >= 15 is 0 Å². The third-order valence-corrected chi connectivity index (χ3v) is 7.66. The molecule has 29 heavy (non-hydrogen) atoms. The van der Waals surface area contributed by atoms with Gasteiger partial charge in [-0.25, -0.2) is 0 Å². The van der Waals surface area contributed by atoms with Crippen molar-refractivity contribution in [3.63, 3.8) is 0 Å². The summed E-state index contributed by atoms with van der Waals surface area (Å²) in [6.07, 6.45) is 17.3. The van der Waals surface area contributed by atoms with Gasteiger partial charge in [0.1, 0.15) is 0 Å². The van der Waals surface area contributed by atoms with Gasteiger partial charge in [0.15, 0.2) is 0 Å². The molecule has 0 N–H and O–H groups in total. The Bertz CT molecular complexity index is 931. The maximum absolute atomic E-state index is 4.80. The number of fused-ring (bicyclic) bond motifs is 3. The number of pyridine rings is 2. The maximum Gasteiger partial charge on any atom is 0.0967 e. The summed E-state index contributed by atoms with van der Waals surface area (Å²) in [7, 11) is 0. The molecule has 0 unspecified atom stereocenters. The molecular weight excluding hydrogens is 441 g/mol. The summed E-state index contributed by atoms with van der Waals surface area (Å²) < 4.78 is 0. The normalized spacial score (nSPS) is 20.2. The third kappa shape index (κ3) is 4.00. The quantitative estimate of drug-likeness (QED) is 0.300. The van der Waals surface area contributed by atoms with Crippen LogP contribution in [0.4, 0.5) is 0 Å². The average molecular weight is 474 g/mol. The molecule has 1 aromatic carbocycles. The Balaban J connectivity index is 0.00000205. The van der Waals surface area contributed by atoms with Gasteiger partial charge in [0.25, 0.3) is 0 Å². The third-order valence-electron chi connectivity index (χ3n) is 7.66. The van der Waals surface area contributed by atoms with Crippen molar-refractivity contribution in [1.29, 1.82) is 0 Å². The van der Waals surface area contributed by atoms with Crippen LogP contribution in [0.3, 0.4) is 0 Å². The van der Waals surface area contributed by atoms with Crippen molar-refractivity contribution >= 4 is 21.8 Å². The molecule has 0 saturated heterocycles. The first kappa shape index (κ1) is 20.9. The van der Waals surface area contributed by atoms with E-state index in [1.165, 1.54) is 73.3 Å². The van der Waals surface area contributed by atoms with E-state index in [1.54, 1.807) is 0 Å². The molecule has 2 aliphatic rings. The maximum atomic E-state index is 4.80. The van der Waals surface area contributed by atoms with Gasteiger partial charge in [-0.15, -0.1) is 0 Å². The van der Waals surface area contributed by atoms with Gasteiger partial charge < -0.3 is 0 Å². The number of hydrogen-bond acceptors (Lipinski definition) is 2. The molecule has 2 nitrogen and oxygen atoms in total. The van der Waals surface area contributed by atoms with Gasteiger partial charge in [0, 0.05) is 42.6 Å². The molecule has 2 heterocycles. The summed E-state index contributed by atoms with van der Waals surface area (Å²) in [6, 6.07) is 9.11. The van der Waals surface area contributed by atoms with Gasteiger partial charge in [0.2, 0.25) is 0 Å². The van der Waals surface area contributed by atoms with Crippen LogP contribution in [0.1, 0.15) is 76.3 Å². The first-order chi connectivity index (χ1) is 13.6. The Morgan fingerprint density at radius 3 is 1.41 bits per heavy atom. The summed E-state index contributed by atoms with van der Waals surface area (Å²) in [4.78, 5) is 9.59. The molecule has 0 radical (unpaired) electrons. The molecule has 2 fully saturated rings. The Hall–Kier alpha value is -1.34. The van der Waals surface area contributed by atoms with E-state index in [1.807, 2.05) is 12.4 Å². The molecule has 0 aliphatic heterocycles. The van der Waals surface area contributed by atoms with Gasteiger partial charge in [-0.2, -0.15) is 0 Å². The molecule has 0 spiro atoms. The minimum atomic E-state index is 0. The number of nitrogens with zero attached hydrogens (tertiary/aromatic N) is 2. The van der Waals surface area contributed by atoms with Crippen molar-refractivity contribution in [3.05, 3.63) is 47.8 Å². The minimum Gasteiger partial charge on any atom is -0.254 e. The van der Waals surface area contributed by atoms with E-state index in [9.17, 15) is 0 Å². The monoisotopic (exact) mass is 474 g/mol. The number of hydrogen-bond donors (Lipinski definition) is 0. The minimum absolute atomic E-state index is 0. The van der Waals surface area contributed by atoms with E-state index in [0.717, 1.165) is 23.9 Å². The van der Waals surface area contributed by atoms with Crippen molar-refractivity contribution in [2.45, 2.75) is 78.1 Å². The Morgan fingerprint density at radius 2 is 1.03 bits per heavy atom. The van der Waals surface area contributed by atoms with Gasteiger partial charge in [0.05, 0.1) is 11.0 Å². The van der Waals surface area contributed by atoms with Crippen LogP contribution in [0, 0.1) is 10.8 Å². The zero-order valence-corrected chi connectivity index (χ0v) is 19.5. The van der Waals surface area contributed by atoms with E-state index < -0.39 is 0 Å². The molecule has 0 atom stereocenters. The summed E-state index contributed by atoms with van der Waals surface area (Å²) in [5, 5.41) is 2.61. The molecule has 3 aromatic rings. The second-order valence-corrected chi connectivity index (χ2v) is 10.2. The van der Waals surface area contributed by atoms with Crippen LogP contribution in [0.2, 0.25) is 0 Å². The van der Waals surface area contributed by atoms with Gasteiger partial charge in [-0.1, -0.05) is 51.7 Å². The van der Waals surface area contributed by atoms with E-state index in [4.69, 9.17) is 9.97 Å². The van der Waals surface area contributed by atoms with Crippen LogP contribution >= 0.6 is 0 Å². The topological polar surface area (TPSA) is 25.8 Å². The fraction of sp³-hybridized carbons (Fsp3) is 0.538. The predicted molar refractivity (Wildman–Crippen MR) is 118 cm³/mol. The Morgan fingerprint density at radius 1 is 0.655 bits per heavy atom. The van der Waals surface area contributed by atoms with Gasteiger partial charge in [-0.05, 0) is 72.6 Å². The van der Waals surface area contributed by atoms with Crippen LogP contribution in [0.15, 0.2) is 36.7 Å². The fourth-order valence-electron chi connectivity index (χ4n) is 5.98. The van der Waals surface area contributed by atoms with Crippen LogP contribution in [-0.4, -0.2) is 9.97 Å². The molecular formula is C26H32N2Ru. The first-order valence-corrected chi connectivity index (χ1v) is 11.2. The fourth-order valence-corrected chi connectivity index (χ4v) is 5.98. The standard InChI is InChI=1S/C26H32N2.Ru/c1-25(11-3-4-12-25)17-19-9-15-27-23-21(19)7-8-22-20(10-16-28-24(22)23)18-26(2)13-5-6-14-26;/h7-10,15-16H,3-6,11-14,17-18H2,1-2H3;. The van der Waals surface area contributed by atoms with Crippen molar-refractivity contribution in [3.8, 4) is 0 Å². The molecule has 2 aliphatic carbocycles. The molecule has 2 saturated carbocycles. The second-order valence-electron chi connectivity index (χ2n) is 10.2. The van der Waals surface area contributed by atoms with E-state index in [-0.39, 0.29) is 19.5 Å². The largest absolute Gasteiger partial charge is 0.254 e. The zero-order chi connectivity index (χ0) is 19.2. The van der Waals surface area contributed by atoms with Crippen molar-refractivity contribution in [1.82, 2.24) is 9.97 Å². The molecule has 0 amide bonds. The van der Waals surface area contributed by atoms with E-state index in [2.05, 4.69) is 38.1 Å². The molecule has 154 valence electrons. The first-order valence-electron chi connectivity index (χ1n) is 11.2. The summed E-state index contributed by atoms with van der Waals surface area (Å²) >= 11 is 0. The predicted octanol–water partition coefficient (Wildman–Crippen LogP) is 7.03. The molecule has 5 rings (SSSR count). The Labute approximate surface area is 187 Å². The summed E-state index contributed by atoms with van der Waals surface area (Å²) in [6.45, 7) is 4.93. The smallest absolute Gasteiger partial charge is 0.0967 e. The van der Waals surface area contributed by atoms with Crippen molar-refractivity contribution in [2.75, 3.05) is 0 Å².